The molecule has 0 saturated carbocycles. The van der Waals surface area contributed by atoms with E-state index in [0.717, 1.165) is 24.4 Å². The molecule has 0 N–H and O–H groups in total. The van der Waals surface area contributed by atoms with Crippen LogP contribution >= 0.6 is 0 Å². The van der Waals surface area contributed by atoms with Crippen LogP contribution in [0.2, 0.25) is 0 Å². The normalized spacial score (nSPS) is 18.4. The van der Waals surface area contributed by atoms with Crippen molar-refractivity contribution < 1.29 is 14.2 Å². The predicted molar refractivity (Wildman–Crippen MR) is 93.7 cm³/mol. The summed E-state index contributed by atoms with van der Waals surface area (Å²) < 4.78 is 3.45. The molecule has 0 bridgehead atoms. The Bertz CT molecular complexity index is 783. The SMILES string of the molecule is CCCc1nnc2n1C1C=CC=CC1=[N+](CC(=O)N(CC)CC)C2=O. The fourth-order valence-corrected chi connectivity index (χ4v) is 3.36. The number of carbonyl (C=O) groups is 2. The maximum absolute atomic E-state index is 13.0. The first-order valence-corrected chi connectivity index (χ1v) is 8.87. The number of likely N-dealkylation sites (N-methyl/N-ethyl adjacent to an activating group) is 1. The van der Waals surface area contributed by atoms with E-state index in [-0.39, 0.29) is 24.4 Å². The lowest BCUT2D eigenvalue weighted by Gasteiger charge is -2.24. The lowest BCUT2D eigenvalue weighted by atomic mass is 10.0. The van der Waals surface area contributed by atoms with Gasteiger partial charge in [-0.15, -0.1) is 14.8 Å². The van der Waals surface area contributed by atoms with E-state index in [1.807, 2.05) is 42.7 Å². The second-order valence-corrected chi connectivity index (χ2v) is 6.13. The van der Waals surface area contributed by atoms with Gasteiger partial charge in [-0.3, -0.25) is 9.36 Å². The summed E-state index contributed by atoms with van der Waals surface area (Å²) in [5, 5.41) is 8.32. The zero-order valence-corrected chi connectivity index (χ0v) is 15.0. The first-order chi connectivity index (χ1) is 12.1. The third kappa shape index (κ3) is 2.94. The van der Waals surface area contributed by atoms with Crippen LogP contribution in [0.4, 0.5) is 0 Å². The molecular weight excluding hydrogens is 318 g/mol. The van der Waals surface area contributed by atoms with Crippen LogP contribution in [0, 0.1) is 0 Å². The molecule has 1 atom stereocenters. The minimum atomic E-state index is -0.262. The Morgan fingerprint density at radius 2 is 2.00 bits per heavy atom. The molecule has 1 aliphatic carbocycles. The maximum Gasteiger partial charge on any atom is 0.457 e. The third-order valence-corrected chi connectivity index (χ3v) is 4.65. The standard InChI is InChI=1S/C18H24N5O2/c1-4-9-15-19-20-17-18(25)22(12-16(24)21(5-2)6-3)13-10-7-8-11-14(13)23(15)17/h7-8,10-11,14H,4-6,9,12H2,1-3H3/q+1. The largest absolute Gasteiger partial charge is 0.457 e. The van der Waals surface area contributed by atoms with E-state index in [9.17, 15) is 9.59 Å². The average molecular weight is 342 g/mol. The van der Waals surface area contributed by atoms with Crippen molar-refractivity contribution in [1.82, 2.24) is 19.7 Å². The number of aryl methyl sites for hydroxylation is 1. The van der Waals surface area contributed by atoms with Gasteiger partial charge in [0.15, 0.2) is 0 Å². The Morgan fingerprint density at radius 1 is 1.24 bits per heavy atom. The zero-order chi connectivity index (χ0) is 18.0. The number of rotatable bonds is 6. The van der Waals surface area contributed by atoms with Crippen LogP contribution in [-0.2, 0) is 11.2 Å². The molecule has 7 heteroatoms. The van der Waals surface area contributed by atoms with Crippen LogP contribution in [0.15, 0.2) is 24.3 Å². The highest BCUT2D eigenvalue weighted by Crippen LogP contribution is 2.25. The second kappa shape index (κ2) is 7.13. The molecule has 1 unspecified atom stereocenters. The van der Waals surface area contributed by atoms with Gasteiger partial charge < -0.3 is 4.90 Å². The quantitative estimate of drug-likeness (QED) is 0.732. The fourth-order valence-electron chi connectivity index (χ4n) is 3.36. The topological polar surface area (TPSA) is 71.1 Å². The summed E-state index contributed by atoms with van der Waals surface area (Å²) in [5.74, 6) is 0.795. The highest BCUT2D eigenvalue weighted by Gasteiger charge is 2.43. The molecule has 0 spiro atoms. The molecule has 132 valence electrons. The summed E-state index contributed by atoms with van der Waals surface area (Å²) >= 11 is 0. The van der Waals surface area contributed by atoms with Gasteiger partial charge in [0.2, 0.25) is 12.3 Å². The second-order valence-electron chi connectivity index (χ2n) is 6.13. The molecule has 0 aromatic carbocycles. The lowest BCUT2D eigenvalue weighted by Crippen LogP contribution is -2.46. The van der Waals surface area contributed by atoms with E-state index < -0.39 is 0 Å². The van der Waals surface area contributed by atoms with Gasteiger partial charge in [-0.2, -0.15) is 0 Å². The number of allylic oxidation sites excluding steroid dienone is 4. The molecular formula is C18H24N5O2+. The fraction of sp³-hybridized carbons (Fsp3) is 0.500. The summed E-state index contributed by atoms with van der Waals surface area (Å²) in [7, 11) is 0. The first-order valence-electron chi connectivity index (χ1n) is 8.87. The number of hydrogen-bond donors (Lipinski definition) is 0. The monoisotopic (exact) mass is 342 g/mol. The smallest absolute Gasteiger partial charge is 0.338 e. The maximum atomic E-state index is 13.0. The molecule has 0 fully saturated rings. The molecule has 0 radical (unpaired) electrons. The van der Waals surface area contributed by atoms with Crippen molar-refractivity contribution in [2.45, 2.75) is 39.7 Å². The Balaban J connectivity index is 2.02. The van der Waals surface area contributed by atoms with E-state index in [0.29, 0.717) is 18.9 Å². The summed E-state index contributed by atoms with van der Waals surface area (Å²) in [4.78, 5) is 27.3. The molecule has 2 amide bonds. The predicted octanol–water partition coefficient (Wildman–Crippen LogP) is 1.37. The van der Waals surface area contributed by atoms with Crippen molar-refractivity contribution in [3.05, 3.63) is 36.0 Å². The van der Waals surface area contributed by atoms with E-state index in [1.54, 1.807) is 9.48 Å². The molecule has 25 heavy (non-hydrogen) atoms. The lowest BCUT2D eigenvalue weighted by molar-refractivity contribution is -0.422. The van der Waals surface area contributed by atoms with Crippen LogP contribution in [0.5, 0.6) is 0 Å². The summed E-state index contributed by atoms with van der Waals surface area (Å²) in [5.41, 5.74) is 0.803. The van der Waals surface area contributed by atoms with Gasteiger partial charge in [0.25, 0.3) is 11.7 Å². The number of fused-ring (bicyclic) bond motifs is 3. The highest BCUT2D eigenvalue weighted by atomic mass is 16.2. The Morgan fingerprint density at radius 3 is 2.68 bits per heavy atom. The van der Waals surface area contributed by atoms with Crippen LogP contribution in [0.1, 0.15) is 49.7 Å². The van der Waals surface area contributed by atoms with Crippen LogP contribution in [0.3, 0.4) is 0 Å². The van der Waals surface area contributed by atoms with Gasteiger partial charge in [-0.25, -0.2) is 4.79 Å². The number of carbonyl (C=O) groups excluding carboxylic acids is 2. The van der Waals surface area contributed by atoms with Crippen molar-refractivity contribution in [3.8, 4) is 0 Å². The van der Waals surface area contributed by atoms with Gasteiger partial charge in [0.05, 0.1) is 0 Å². The van der Waals surface area contributed by atoms with Crippen molar-refractivity contribution in [2.24, 2.45) is 0 Å². The third-order valence-electron chi connectivity index (χ3n) is 4.65. The van der Waals surface area contributed by atoms with Crippen molar-refractivity contribution >= 4 is 17.5 Å². The molecule has 1 aliphatic heterocycles. The molecule has 1 aromatic rings. The molecule has 0 saturated heterocycles. The van der Waals surface area contributed by atoms with E-state index in [1.165, 1.54) is 0 Å². The first kappa shape index (κ1) is 17.3. The minimum absolute atomic E-state index is 0.0283. The number of aromatic nitrogens is 3. The molecule has 1 aromatic heterocycles. The molecule has 2 heterocycles. The Labute approximate surface area is 147 Å². The van der Waals surface area contributed by atoms with Gasteiger partial charge in [0.1, 0.15) is 11.9 Å². The number of nitrogens with zero attached hydrogens (tertiary/aromatic N) is 5. The van der Waals surface area contributed by atoms with E-state index in [2.05, 4.69) is 17.1 Å². The molecule has 7 nitrogen and oxygen atoms in total. The highest BCUT2D eigenvalue weighted by molar-refractivity contribution is 6.04. The van der Waals surface area contributed by atoms with E-state index >= 15 is 0 Å². The van der Waals surface area contributed by atoms with Crippen LogP contribution in [0.25, 0.3) is 0 Å². The minimum Gasteiger partial charge on any atom is -0.338 e. The molecule has 3 rings (SSSR count). The van der Waals surface area contributed by atoms with Gasteiger partial charge in [0, 0.05) is 25.6 Å². The van der Waals surface area contributed by atoms with Gasteiger partial charge in [-0.1, -0.05) is 25.2 Å². The summed E-state index contributed by atoms with van der Waals surface area (Å²) in [6.07, 6.45) is 9.45. The van der Waals surface area contributed by atoms with E-state index in [4.69, 9.17) is 0 Å². The number of amides is 2. The van der Waals surface area contributed by atoms with Crippen LogP contribution < -0.4 is 0 Å². The van der Waals surface area contributed by atoms with Crippen LogP contribution in [-0.4, -0.2) is 61.4 Å². The summed E-state index contributed by atoms with van der Waals surface area (Å²) in [6.45, 7) is 7.23. The van der Waals surface area contributed by atoms with Crippen molar-refractivity contribution in [1.29, 1.82) is 0 Å². The summed E-state index contributed by atoms with van der Waals surface area (Å²) in [6, 6.07) is -0.140. The van der Waals surface area contributed by atoms with Crippen molar-refractivity contribution in [3.63, 3.8) is 0 Å². The average Bonchev–Trinajstić information content (AvgIpc) is 3.04. The Hall–Kier alpha value is -2.57. The van der Waals surface area contributed by atoms with Crippen molar-refractivity contribution in [2.75, 3.05) is 19.6 Å². The molecule has 2 aliphatic rings. The number of hydrogen-bond acceptors (Lipinski definition) is 4. The Kier molecular flexibility index (Phi) is 4.92. The van der Waals surface area contributed by atoms with Gasteiger partial charge in [-0.05, 0) is 20.3 Å². The zero-order valence-electron chi connectivity index (χ0n) is 15.0. The van der Waals surface area contributed by atoms with Gasteiger partial charge >= 0.3 is 5.91 Å².